The molecule has 0 saturated heterocycles. The number of benzene rings is 1. The lowest BCUT2D eigenvalue weighted by Crippen LogP contribution is -2.26. The Morgan fingerprint density at radius 1 is 1.28 bits per heavy atom. The van der Waals surface area contributed by atoms with Crippen LogP contribution in [0, 0.1) is 5.92 Å². The van der Waals surface area contributed by atoms with E-state index in [9.17, 15) is 10.2 Å². The lowest BCUT2D eigenvalue weighted by Gasteiger charge is -2.20. The number of rotatable bonds is 5. The first-order valence-corrected chi connectivity index (χ1v) is 6.21. The molecule has 0 spiro atoms. The predicted molar refractivity (Wildman–Crippen MR) is 77.4 cm³/mol. The smallest absolute Gasteiger partial charge is 0.134 e. The minimum absolute atomic E-state index is 0. The van der Waals surface area contributed by atoms with Gasteiger partial charge in [-0.15, -0.1) is 12.4 Å². The lowest BCUT2D eigenvalue weighted by molar-refractivity contribution is 0.128. The molecule has 0 heterocycles. The first kappa shape index (κ1) is 17.5. The van der Waals surface area contributed by atoms with Crippen molar-refractivity contribution in [3.05, 3.63) is 28.8 Å². The minimum atomic E-state index is -0.585. The van der Waals surface area contributed by atoms with E-state index < -0.39 is 12.1 Å². The largest absolute Gasteiger partial charge is 0.506 e. The Kier molecular flexibility index (Phi) is 7.64. The third-order valence-electron chi connectivity index (χ3n) is 2.81. The van der Waals surface area contributed by atoms with Crippen LogP contribution in [0.4, 0.5) is 0 Å². The van der Waals surface area contributed by atoms with Gasteiger partial charge in [0.2, 0.25) is 0 Å². The first-order valence-electron chi connectivity index (χ1n) is 5.84. The number of phenols is 1. The van der Waals surface area contributed by atoms with Crippen molar-refractivity contribution in [1.82, 2.24) is 0 Å². The van der Waals surface area contributed by atoms with Gasteiger partial charge in [-0.3, -0.25) is 0 Å². The van der Waals surface area contributed by atoms with Gasteiger partial charge in [-0.25, -0.2) is 0 Å². The molecule has 0 bridgehead atoms. The Hall–Kier alpha value is -0.480. The van der Waals surface area contributed by atoms with Crippen LogP contribution in [0.5, 0.6) is 5.75 Å². The molecule has 0 saturated carbocycles. The molecule has 0 unspecified atom stereocenters. The summed E-state index contributed by atoms with van der Waals surface area (Å²) in [6.07, 6.45) is 1.01. The van der Waals surface area contributed by atoms with Crippen molar-refractivity contribution in [2.24, 2.45) is 11.7 Å². The van der Waals surface area contributed by atoms with E-state index >= 15 is 0 Å². The molecule has 0 aliphatic rings. The highest BCUT2D eigenvalue weighted by atomic mass is 35.5. The normalized spacial score (nSPS) is 14.1. The van der Waals surface area contributed by atoms with Crippen molar-refractivity contribution >= 4 is 24.0 Å². The van der Waals surface area contributed by atoms with Crippen LogP contribution in [0.25, 0.3) is 0 Å². The van der Waals surface area contributed by atoms with Gasteiger partial charge < -0.3 is 15.9 Å². The van der Waals surface area contributed by atoms with Crippen LogP contribution in [0.2, 0.25) is 5.02 Å². The highest BCUT2D eigenvalue weighted by molar-refractivity contribution is 6.32. The topological polar surface area (TPSA) is 66.5 Å². The summed E-state index contributed by atoms with van der Waals surface area (Å²) >= 11 is 5.80. The molecule has 4 N–H and O–H groups in total. The van der Waals surface area contributed by atoms with Crippen molar-refractivity contribution in [2.75, 3.05) is 0 Å². The Bertz CT molecular complexity index is 372. The van der Waals surface area contributed by atoms with Gasteiger partial charge in [0.1, 0.15) is 5.75 Å². The van der Waals surface area contributed by atoms with Crippen LogP contribution < -0.4 is 5.73 Å². The number of hydrogen-bond acceptors (Lipinski definition) is 3. The minimum Gasteiger partial charge on any atom is -0.506 e. The van der Waals surface area contributed by atoms with E-state index in [1.165, 1.54) is 6.07 Å². The molecule has 1 rings (SSSR count). The molecule has 1 aromatic carbocycles. The van der Waals surface area contributed by atoms with Gasteiger partial charge in [0, 0.05) is 0 Å². The number of aliphatic hydroxyl groups excluding tert-OH is 1. The summed E-state index contributed by atoms with van der Waals surface area (Å²) in [5.74, 6) is 0.569. The Balaban J connectivity index is 0.00000289. The zero-order valence-corrected chi connectivity index (χ0v) is 12.2. The summed E-state index contributed by atoms with van der Waals surface area (Å²) in [4.78, 5) is 0. The predicted octanol–water partition coefficient (Wildman–Crippen LogP) is 3.26. The van der Waals surface area contributed by atoms with Gasteiger partial charge in [0.25, 0.3) is 0 Å². The average molecular weight is 294 g/mol. The van der Waals surface area contributed by atoms with E-state index in [2.05, 4.69) is 13.8 Å². The summed E-state index contributed by atoms with van der Waals surface area (Å²) in [6, 6.07) is 4.31. The summed E-state index contributed by atoms with van der Waals surface area (Å²) in [5, 5.41) is 19.5. The first-order chi connectivity index (χ1) is 7.91. The van der Waals surface area contributed by atoms with E-state index in [-0.39, 0.29) is 23.2 Å². The van der Waals surface area contributed by atoms with Crippen molar-refractivity contribution in [2.45, 2.75) is 38.8 Å². The van der Waals surface area contributed by atoms with Gasteiger partial charge >= 0.3 is 0 Å². The highest BCUT2D eigenvalue weighted by Gasteiger charge is 2.17. The molecule has 104 valence electrons. The molecule has 0 aliphatic carbocycles. The molecule has 0 fully saturated rings. The maximum atomic E-state index is 9.95. The van der Waals surface area contributed by atoms with Gasteiger partial charge in [0.15, 0.2) is 0 Å². The Morgan fingerprint density at radius 3 is 2.39 bits per heavy atom. The van der Waals surface area contributed by atoms with Gasteiger partial charge in [-0.2, -0.15) is 0 Å². The van der Waals surface area contributed by atoms with Crippen LogP contribution in [0.3, 0.4) is 0 Å². The lowest BCUT2D eigenvalue weighted by atomic mass is 9.96. The maximum absolute atomic E-state index is 9.95. The van der Waals surface area contributed by atoms with E-state index in [1.807, 2.05) is 0 Å². The quantitative estimate of drug-likeness (QED) is 0.781. The van der Waals surface area contributed by atoms with Crippen molar-refractivity contribution in [1.29, 1.82) is 0 Å². The summed E-state index contributed by atoms with van der Waals surface area (Å²) in [5.41, 5.74) is 6.69. The number of phenolic OH excluding ortho intramolecular Hbond substituents is 1. The maximum Gasteiger partial charge on any atom is 0.134 e. The second-order valence-corrected chi connectivity index (χ2v) is 5.18. The number of aromatic hydroxyl groups is 1. The zero-order valence-electron chi connectivity index (χ0n) is 10.6. The summed E-state index contributed by atoms with van der Waals surface area (Å²) < 4.78 is 0. The molecule has 0 radical (unpaired) electrons. The number of nitrogens with two attached hydrogens (primary N) is 1. The summed E-state index contributed by atoms with van der Waals surface area (Å²) in [6.45, 7) is 4.21. The fraction of sp³-hybridized carbons (Fsp3) is 0.538. The van der Waals surface area contributed by atoms with E-state index in [4.69, 9.17) is 17.3 Å². The molecular formula is C13H21Cl2NO2. The average Bonchev–Trinajstić information content (AvgIpc) is 2.28. The molecule has 2 atom stereocenters. The van der Waals surface area contributed by atoms with Crippen LogP contribution in [0.1, 0.15) is 38.3 Å². The van der Waals surface area contributed by atoms with Gasteiger partial charge in [-0.1, -0.05) is 31.5 Å². The van der Waals surface area contributed by atoms with Crippen molar-refractivity contribution in [3.63, 3.8) is 0 Å². The second-order valence-electron chi connectivity index (χ2n) is 4.78. The molecule has 0 aliphatic heterocycles. The van der Waals surface area contributed by atoms with Crippen molar-refractivity contribution in [3.8, 4) is 5.75 Å². The molecule has 5 heteroatoms. The molecule has 18 heavy (non-hydrogen) atoms. The van der Waals surface area contributed by atoms with Gasteiger partial charge in [0.05, 0.1) is 17.2 Å². The number of hydrogen-bond donors (Lipinski definition) is 3. The molecule has 1 aromatic rings. The molecule has 0 amide bonds. The third-order valence-corrected chi connectivity index (χ3v) is 3.11. The van der Waals surface area contributed by atoms with E-state index in [0.717, 1.165) is 12.0 Å². The van der Waals surface area contributed by atoms with Crippen LogP contribution in [-0.4, -0.2) is 16.3 Å². The fourth-order valence-electron chi connectivity index (χ4n) is 1.64. The fourth-order valence-corrected chi connectivity index (χ4v) is 1.83. The Morgan fingerprint density at radius 2 is 1.89 bits per heavy atom. The molecule has 0 aromatic heterocycles. The number of aliphatic hydroxyl groups is 1. The third kappa shape index (κ3) is 5.02. The van der Waals surface area contributed by atoms with Gasteiger partial charge in [-0.05, 0) is 36.5 Å². The van der Waals surface area contributed by atoms with Crippen LogP contribution in [-0.2, 0) is 0 Å². The molecular weight excluding hydrogens is 273 g/mol. The van der Waals surface area contributed by atoms with E-state index in [1.54, 1.807) is 12.1 Å². The summed E-state index contributed by atoms with van der Waals surface area (Å²) in [7, 11) is 0. The van der Waals surface area contributed by atoms with E-state index in [0.29, 0.717) is 12.3 Å². The monoisotopic (exact) mass is 293 g/mol. The Labute approximate surface area is 119 Å². The van der Waals surface area contributed by atoms with Crippen LogP contribution >= 0.6 is 24.0 Å². The second kappa shape index (κ2) is 7.85. The van der Waals surface area contributed by atoms with Crippen molar-refractivity contribution < 1.29 is 10.2 Å². The molecule has 3 nitrogen and oxygen atoms in total. The standard InChI is InChI=1S/C13H20ClNO2.ClH/c1-8(2)3-5-12(17)13(15)9-4-6-11(16)10(14)7-9;/h4,6-8,12-13,16-17H,3,5,15H2,1-2H3;1H/t12-,13+;/m1./s1. The zero-order chi connectivity index (χ0) is 13.0. The SMILES string of the molecule is CC(C)CC[C@@H](O)[C@@H](N)c1ccc(O)c(Cl)c1.Cl. The number of halogens is 2. The van der Waals surface area contributed by atoms with Crippen LogP contribution in [0.15, 0.2) is 18.2 Å². The highest BCUT2D eigenvalue weighted by Crippen LogP contribution is 2.28.